The summed E-state index contributed by atoms with van der Waals surface area (Å²) >= 11 is 13.6. The van der Waals surface area contributed by atoms with Gasteiger partial charge in [0.15, 0.2) is 5.13 Å². The number of nitrogens with zero attached hydrogens (tertiary/aromatic N) is 2. The van der Waals surface area contributed by atoms with E-state index in [4.69, 9.17) is 23.2 Å². The van der Waals surface area contributed by atoms with Crippen LogP contribution in [0.1, 0.15) is 20.9 Å². The highest BCUT2D eigenvalue weighted by molar-refractivity contribution is 7.15. The molecule has 2 aromatic heterocycles. The van der Waals surface area contributed by atoms with E-state index in [0.717, 1.165) is 10.4 Å². The number of aromatic nitrogens is 2. The molecule has 116 valence electrons. The van der Waals surface area contributed by atoms with Crippen LogP contribution >= 0.6 is 34.5 Å². The zero-order valence-corrected chi connectivity index (χ0v) is 14.1. The molecule has 0 aliphatic heterocycles. The van der Waals surface area contributed by atoms with Crippen LogP contribution in [0.15, 0.2) is 48.8 Å². The first kappa shape index (κ1) is 15.9. The second kappa shape index (κ2) is 7.08. The van der Waals surface area contributed by atoms with E-state index in [1.165, 1.54) is 11.3 Å². The van der Waals surface area contributed by atoms with Gasteiger partial charge >= 0.3 is 0 Å². The van der Waals surface area contributed by atoms with Crippen LogP contribution in [0.25, 0.3) is 0 Å². The van der Waals surface area contributed by atoms with E-state index >= 15 is 0 Å². The molecule has 0 radical (unpaired) electrons. The Balaban J connectivity index is 1.71. The Bertz CT molecular complexity index is 836. The van der Waals surface area contributed by atoms with Gasteiger partial charge in [-0.2, -0.15) is 0 Å². The minimum Gasteiger partial charge on any atom is -0.296 e. The first-order chi connectivity index (χ1) is 11.1. The number of hydrogen-bond acceptors (Lipinski definition) is 4. The molecule has 1 amide bonds. The molecule has 0 atom stereocenters. The van der Waals surface area contributed by atoms with Gasteiger partial charge in [-0.15, -0.1) is 11.3 Å². The highest BCUT2D eigenvalue weighted by atomic mass is 35.5. The molecule has 1 N–H and O–H groups in total. The van der Waals surface area contributed by atoms with Gasteiger partial charge in [0.25, 0.3) is 5.91 Å². The summed E-state index contributed by atoms with van der Waals surface area (Å²) in [6, 6.07) is 10.7. The second-order valence-electron chi connectivity index (χ2n) is 4.69. The van der Waals surface area contributed by atoms with Crippen molar-refractivity contribution >= 4 is 45.6 Å². The van der Waals surface area contributed by atoms with E-state index in [9.17, 15) is 4.79 Å². The average Bonchev–Trinajstić information content (AvgIpc) is 3.00. The molecule has 4 nitrogen and oxygen atoms in total. The largest absolute Gasteiger partial charge is 0.296 e. The molecule has 3 rings (SSSR count). The Kier molecular flexibility index (Phi) is 4.91. The Labute approximate surface area is 147 Å². The predicted molar refractivity (Wildman–Crippen MR) is 93.6 cm³/mol. The number of halogens is 2. The summed E-state index contributed by atoms with van der Waals surface area (Å²) in [5.74, 6) is -0.285. The van der Waals surface area contributed by atoms with Gasteiger partial charge < -0.3 is 0 Å². The van der Waals surface area contributed by atoms with Crippen molar-refractivity contribution in [1.29, 1.82) is 0 Å². The Hall–Kier alpha value is -1.95. The van der Waals surface area contributed by atoms with Crippen molar-refractivity contribution in [1.82, 2.24) is 9.97 Å². The third-order valence-corrected chi connectivity index (χ3v) is 4.84. The van der Waals surface area contributed by atoms with E-state index in [1.807, 2.05) is 12.1 Å². The van der Waals surface area contributed by atoms with E-state index in [2.05, 4.69) is 15.3 Å². The molecule has 0 bridgehead atoms. The molecule has 0 saturated heterocycles. The van der Waals surface area contributed by atoms with Gasteiger partial charge in [-0.05, 0) is 23.8 Å². The number of hydrogen-bond donors (Lipinski definition) is 1. The molecule has 0 aliphatic rings. The van der Waals surface area contributed by atoms with Crippen molar-refractivity contribution in [3.8, 4) is 0 Å². The first-order valence-electron chi connectivity index (χ1n) is 6.73. The van der Waals surface area contributed by atoms with Gasteiger partial charge in [-0.3, -0.25) is 15.1 Å². The highest BCUT2D eigenvalue weighted by Crippen LogP contribution is 2.29. The van der Waals surface area contributed by atoms with Crippen LogP contribution in [-0.2, 0) is 6.42 Å². The molecule has 7 heteroatoms. The molecule has 1 aromatic carbocycles. The van der Waals surface area contributed by atoms with E-state index in [1.54, 1.807) is 36.7 Å². The smallest absolute Gasteiger partial charge is 0.276 e. The van der Waals surface area contributed by atoms with Crippen LogP contribution < -0.4 is 5.32 Å². The van der Waals surface area contributed by atoms with Crippen molar-refractivity contribution < 1.29 is 4.79 Å². The number of anilines is 1. The van der Waals surface area contributed by atoms with Crippen LogP contribution in [-0.4, -0.2) is 15.9 Å². The van der Waals surface area contributed by atoms with Crippen LogP contribution in [0.2, 0.25) is 10.0 Å². The van der Waals surface area contributed by atoms with Gasteiger partial charge in [0.2, 0.25) is 0 Å². The van der Waals surface area contributed by atoms with Crippen LogP contribution in [0.4, 0.5) is 5.13 Å². The maximum Gasteiger partial charge on any atom is 0.276 e. The summed E-state index contributed by atoms with van der Waals surface area (Å²) < 4.78 is 0. The van der Waals surface area contributed by atoms with E-state index in [0.29, 0.717) is 27.3 Å². The summed E-state index contributed by atoms with van der Waals surface area (Å²) in [6.07, 6.45) is 3.90. The third-order valence-electron chi connectivity index (χ3n) is 3.07. The maximum absolute atomic E-state index is 12.0. The lowest BCUT2D eigenvalue weighted by Crippen LogP contribution is -2.12. The molecular weight excluding hydrogens is 353 g/mol. The lowest BCUT2D eigenvalue weighted by molar-refractivity contribution is 0.102. The van der Waals surface area contributed by atoms with Gasteiger partial charge in [0, 0.05) is 23.7 Å². The minimum absolute atomic E-state index is 0.285. The summed E-state index contributed by atoms with van der Waals surface area (Å²) in [5.41, 5.74) is 1.27. The molecule has 23 heavy (non-hydrogen) atoms. The van der Waals surface area contributed by atoms with Gasteiger partial charge in [-0.1, -0.05) is 41.4 Å². The van der Waals surface area contributed by atoms with E-state index < -0.39 is 0 Å². The van der Waals surface area contributed by atoms with E-state index in [-0.39, 0.29) is 5.91 Å². The number of carbonyl (C=O) groups is 1. The van der Waals surface area contributed by atoms with Crippen LogP contribution in [0.3, 0.4) is 0 Å². The normalized spacial score (nSPS) is 10.5. The fourth-order valence-corrected chi connectivity index (χ4v) is 3.20. The fourth-order valence-electron chi connectivity index (χ4n) is 1.98. The quantitative estimate of drug-likeness (QED) is 0.731. The zero-order chi connectivity index (χ0) is 16.2. The Morgan fingerprint density at radius 1 is 1.13 bits per heavy atom. The predicted octanol–water partition coefficient (Wildman–Crippen LogP) is 4.69. The topological polar surface area (TPSA) is 54.9 Å². The lowest BCUT2D eigenvalue weighted by atomic mass is 10.1. The van der Waals surface area contributed by atoms with Crippen LogP contribution in [0.5, 0.6) is 0 Å². The number of thiazole rings is 1. The van der Waals surface area contributed by atoms with Gasteiger partial charge in [0.1, 0.15) is 5.69 Å². The number of benzene rings is 1. The monoisotopic (exact) mass is 363 g/mol. The fraction of sp³-hybridized carbons (Fsp3) is 0.0625. The Morgan fingerprint density at radius 3 is 2.78 bits per heavy atom. The lowest BCUT2D eigenvalue weighted by Gasteiger charge is -2.03. The maximum atomic E-state index is 12.0. The second-order valence-corrected chi connectivity index (χ2v) is 6.59. The van der Waals surface area contributed by atoms with Crippen molar-refractivity contribution in [2.45, 2.75) is 6.42 Å². The zero-order valence-electron chi connectivity index (χ0n) is 11.8. The van der Waals surface area contributed by atoms with Gasteiger partial charge in [-0.25, -0.2) is 4.98 Å². The highest BCUT2D eigenvalue weighted by Gasteiger charge is 2.11. The molecule has 2 heterocycles. The summed E-state index contributed by atoms with van der Waals surface area (Å²) in [6.45, 7) is 0. The number of pyridine rings is 1. The van der Waals surface area contributed by atoms with Crippen molar-refractivity contribution in [2.24, 2.45) is 0 Å². The van der Waals surface area contributed by atoms with Crippen molar-refractivity contribution in [2.75, 3.05) is 5.32 Å². The number of rotatable bonds is 4. The average molecular weight is 364 g/mol. The number of carbonyl (C=O) groups excluding carboxylic acids is 1. The SMILES string of the molecule is O=C(Nc1ncc(Cc2cccc(Cl)c2Cl)s1)c1ccccn1. The van der Waals surface area contributed by atoms with Crippen molar-refractivity contribution in [3.63, 3.8) is 0 Å². The number of nitrogens with one attached hydrogen (secondary N) is 1. The molecule has 0 fully saturated rings. The minimum atomic E-state index is -0.285. The first-order valence-corrected chi connectivity index (χ1v) is 8.30. The molecule has 0 unspecified atom stereocenters. The standard InChI is InChI=1S/C16H11Cl2N3OS/c17-12-5-3-4-10(14(12)18)8-11-9-20-16(23-11)21-15(22)13-6-1-2-7-19-13/h1-7,9H,8H2,(H,20,21,22). The third kappa shape index (κ3) is 3.88. The Morgan fingerprint density at radius 2 is 2.00 bits per heavy atom. The molecule has 3 aromatic rings. The van der Waals surface area contributed by atoms with Gasteiger partial charge in [0.05, 0.1) is 10.0 Å². The summed E-state index contributed by atoms with van der Waals surface area (Å²) in [7, 11) is 0. The van der Waals surface area contributed by atoms with Crippen molar-refractivity contribution in [3.05, 3.63) is 75.0 Å². The summed E-state index contributed by atoms with van der Waals surface area (Å²) in [5, 5.41) is 4.33. The van der Waals surface area contributed by atoms with Crippen LogP contribution in [0, 0.1) is 0 Å². The summed E-state index contributed by atoms with van der Waals surface area (Å²) in [4.78, 5) is 21.2. The molecule has 0 spiro atoms. The molecule has 0 saturated carbocycles. The molecular formula is C16H11Cl2N3OS. The molecule has 0 aliphatic carbocycles. The number of amides is 1.